The molecule has 24 heavy (non-hydrogen) atoms. The van der Waals surface area contributed by atoms with Crippen LogP contribution in [0.25, 0.3) is 11.0 Å². The first-order valence-electron chi connectivity index (χ1n) is 7.13. The number of hydrogen-bond donors (Lipinski definition) is 2. The standard InChI is InChI=1S/C16H15N3O3S2/c1-9-7-10(15(21)22-2)14(24-9)19-13(20)8-23-16-17-11-5-3-4-6-12(11)18-16/h3-7H,8H2,1-2H3,(H,17,18)(H,19,20). The number of aromatic nitrogens is 2. The van der Waals surface area contributed by atoms with Gasteiger partial charge in [-0.2, -0.15) is 0 Å². The highest BCUT2D eigenvalue weighted by atomic mass is 32.2. The number of thioether (sulfide) groups is 1. The van der Waals surface area contributed by atoms with Crippen molar-refractivity contribution in [3.05, 3.63) is 40.8 Å². The predicted octanol–water partition coefficient (Wildman–Crippen LogP) is 3.45. The van der Waals surface area contributed by atoms with Gasteiger partial charge in [-0.3, -0.25) is 4.79 Å². The molecule has 0 aliphatic carbocycles. The number of nitrogens with one attached hydrogen (secondary N) is 2. The van der Waals surface area contributed by atoms with E-state index in [4.69, 9.17) is 4.74 Å². The molecular weight excluding hydrogens is 346 g/mol. The van der Waals surface area contributed by atoms with Gasteiger partial charge in [0.05, 0.1) is 29.5 Å². The van der Waals surface area contributed by atoms with Crippen molar-refractivity contribution in [2.75, 3.05) is 18.2 Å². The second-order valence-electron chi connectivity index (χ2n) is 4.99. The number of hydrogen-bond acceptors (Lipinski definition) is 6. The zero-order valence-corrected chi connectivity index (χ0v) is 14.7. The molecule has 1 amide bonds. The van der Waals surface area contributed by atoms with E-state index in [-0.39, 0.29) is 11.7 Å². The number of H-pyrrole nitrogens is 1. The van der Waals surface area contributed by atoms with Crippen LogP contribution in [-0.4, -0.2) is 34.7 Å². The van der Waals surface area contributed by atoms with E-state index in [9.17, 15) is 9.59 Å². The lowest BCUT2D eigenvalue weighted by Crippen LogP contribution is -2.15. The van der Waals surface area contributed by atoms with Gasteiger partial charge in [-0.15, -0.1) is 11.3 Å². The Labute approximate surface area is 146 Å². The second-order valence-corrected chi connectivity index (χ2v) is 7.21. The third kappa shape index (κ3) is 3.60. The molecular formula is C16H15N3O3S2. The van der Waals surface area contributed by atoms with Crippen LogP contribution in [0.1, 0.15) is 15.2 Å². The number of fused-ring (bicyclic) bond motifs is 1. The number of aryl methyl sites for hydroxylation is 1. The molecule has 0 bridgehead atoms. The van der Waals surface area contributed by atoms with Crippen molar-refractivity contribution >= 4 is 51.0 Å². The van der Waals surface area contributed by atoms with Crippen LogP contribution in [-0.2, 0) is 9.53 Å². The van der Waals surface area contributed by atoms with E-state index in [0.717, 1.165) is 15.9 Å². The number of ether oxygens (including phenoxy) is 1. The summed E-state index contributed by atoms with van der Waals surface area (Å²) in [5.41, 5.74) is 2.17. The van der Waals surface area contributed by atoms with Crippen LogP contribution in [0.2, 0.25) is 0 Å². The maximum Gasteiger partial charge on any atom is 0.340 e. The number of aromatic amines is 1. The Morgan fingerprint density at radius 1 is 1.38 bits per heavy atom. The van der Waals surface area contributed by atoms with Gasteiger partial charge in [0.1, 0.15) is 5.00 Å². The molecule has 0 saturated heterocycles. The van der Waals surface area contributed by atoms with Crippen molar-refractivity contribution in [3.8, 4) is 0 Å². The number of nitrogens with zero attached hydrogens (tertiary/aromatic N) is 1. The molecule has 124 valence electrons. The summed E-state index contributed by atoms with van der Waals surface area (Å²) in [5.74, 6) is -0.468. The summed E-state index contributed by atoms with van der Waals surface area (Å²) in [6, 6.07) is 9.39. The molecule has 0 aliphatic heterocycles. The number of esters is 1. The van der Waals surface area contributed by atoms with Gasteiger partial charge < -0.3 is 15.0 Å². The van der Waals surface area contributed by atoms with E-state index < -0.39 is 5.97 Å². The van der Waals surface area contributed by atoms with Crippen molar-refractivity contribution < 1.29 is 14.3 Å². The van der Waals surface area contributed by atoms with Crippen LogP contribution in [0.3, 0.4) is 0 Å². The Bertz CT molecular complexity index is 868. The number of anilines is 1. The summed E-state index contributed by atoms with van der Waals surface area (Å²) in [7, 11) is 1.32. The average molecular weight is 361 g/mol. The van der Waals surface area contributed by atoms with Crippen LogP contribution in [0.5, 0.6) is 0 Å². The van der Waals surface area contributed by atoms with Crippen molar-refractivity contribution in [2.24, 2.45) is 0 Å². The molecule has 1 aromatic carbocycles. The molecule has 6 nitrogen and oxygen atoms in total. The van der Waals surface area contributed by atoms with Gasteiger partial charge in [0.25, 0.3) is 0 Å². The number of carbonyl (C=O) groups is 2. The number of carbonyl (C=O) groups excluding carboxylic acids is 2. The minimum absolute atomic E-state index is 0.192. The van der Waals surface area contributed by atoms with Crippen molar-refractivity contribution in [1.29, 1.82) is 0 Å². The molecule has 8 heteroatoms. The monoisotopic (exact) mass is 361 g/mol. The van der Waals surface area contributed by atoms with Crippen molar-refractivity contribution in [3.63, 3.8) is 0 Å². The third-order valence-electron chi connectivity index (χ3n) is 3.22. The fourth-order valence-electron chi connectivity index (χ4n) is 2.16. The molecule has 0 spiro atoms. The lowest BCUT2D eigenvalue weighted by Gasteiger charge is -2.04. The van der Waals surface area contributed by atoms with Gasteiger partial charge in [0, 0.05) is 4.88 Å². The Hall–Kier alpha value is -2.32. The van der Waals surface area contributed by atoms with Gasteiger partial charge in [-0.05, 0) is 25.1 Å². The Balaban J connectivity index is 1.64. The summed E-state index contributed by atoms with van der Waals surface area (Å²) in [4.78, 5) is 32.4. The highest BCUT2D eigenvalue weighted by molar-refractivity contribution is 7.99. The summed E-state index contributed by atoms with van der Waals surface area (Å²) < 4.78 is 4.73. The van der Waals surface area contributed by atoms with Gasteiger partial charge in [0.15, 0.2) is 5.16 Å². The first kappa shape index (κ1) is 16.5. The first-order valence-corrected chi connectivity index (χ1v) is 8.93. The molecule has 2 heterocycles. The molecule has 2 N–H and O–H groups in total. The molecule has 0 unspecified atom stereocenters. The number of imidazole rings is 1. The van der Waals surface area contributed by atoms with Crippen molar-refractivity contribution in [2.45, 2.75) is 12.1 Å². The topological polar surface area (TPSA) is 84.1 Å². The number of para-hydroxylation sites is 2. The minimum atomic E-state index is -0.459. The molecule has 0 radical (unpaired) electrons. The summed E-state index contributed by atoms with van der Waals surface area (Å²) >= 11 is 2.66. The van der Waals surface area contributed by atoms with Crippen molar-refractivity contribution in [1.82, 2.24) is 9.97 Å². The van der Waals surface area contributed by atoms with Gasteiger partial charge in [0.2, 0.25) is 5.91 Å². The van der Waals surface area contributed by atoms with Crippen LogP contribution >= 0.6 is 23.1 Å². The zero-order valence-electron chi connectivity index (χ0n) is 13.1. The van der Waals surface area contributed by atoms with E-state index in [1.54, 1.807) is 6.07 Å². The number of thiophene rings is 1. The fraction of sp³-hybridized carbons (Fsp3) is 0.188. The van der Waals surface area contributed by atoms with Gasteiger partial charge in [-0.25, -0.2) is 9.78 Å². The Morgan fingerprint density at radius 3 is 2.92 bits per heavy atom. The van der Waals surface area contributed by atoms with Gasteiger partial charge in [-0.1, -0.05) is 23.9 Å². The minimum Gasteiger partial charge on any atom is -0.465 e. The molecule has 0 atom stereocenters. The second kappa shape index (κ2) is 7.06. The van der Waals surface area contributed by atoms with Crippen LogP contribution in [0.4, 0.5) is 5.00 Å². The predicted molar refractivity (Wildman–Crippen MR) is 95.8 cm³/mol. The van der Waals surface area contributed by atoms with E-state index in [2.05, 4.69) is 15.3 Å². The highest BCUT2D eigenvalue weighted by Gasteiger charge is 2.17. The van der Waals surface area contributed by atoms with E-state index in [1.807, 2.05) is 31.2 Å². The molecule has 0 saturated carbocycles. The number of amides is 1. The number of rotatable bonds is 5. The SMILES string of the molecule is COC(=O)c1cc(C)sc1NC(=O)CSc1nc2ccccc2[nH]1. The lowest BCUT2D eigenvalue weighted by molar-refractivity contribution is -0.113. The lowest BCUT2D eigenvalue weighted by atomic mass is 10.3. The Morgan fingerprint density at radius 2 is 2.17 bits per heavy atom. The van der Waals surface area contributed by atoms with Crippen LogP contribution in [0.15, 0.2) is 35.5 Å². The Kier molecular flexibility index (Phi) is 4.86. The largest absolute Gasteiger partial charge is 0.465 e. The quantitative estimate of drug-likeness (QED) is 0.537. The summed E-state index contributed by atoms with van der Waals surface area (Å²) in [5, 5.41) is 3.96. The van der Waals surface area contributed by atoms with E-state index >= 15 is 0 Å². The molecule has 3 aromatic rings. The number of benzene rings is 1. The molecule has 2 aromatic heterocycles. The van der Waals surface area contributed by atoms with E-state index in [0.29, 0.717) is 15.7 Å². The maximum absolute atomic E-state index is 12.2. The zero-order chi connectivity index (χ0) is 17.1. The molecule has 0 aliphatic rings. The third-order valence-corrected chi connectivity index (χ3v) is 5.06. The summed E-state index contributed by atoms with van der Waals surface area (Å²) in [6.45, 7) is 1.87. The normalized spacial score (nSPS) is 10.8. The van der Waals surface area contributed by atoms with Crippen LogP contribution in [0, 0.1) is 6.92 Å². The average Bonchev–Trinajstić information content (AvgIpc) is 3.15. The smallest absolute Gasteiger partial charge is 0.340 e. The van der Waals surface area contributed by atoms with E-state index in [1.165, 1.54) is 30.2 Å². The first-order chi connectivity index (χ1) is 11.6. The number of methoxy groups -OCH3 is 1. The van der Waals surface area contributed by atoms with Crippen LogP contribution < -0.4 is 5.32 Å². The maximum atomic E-state index is 12.2. The highest BCUT2D eigenvalue weighted by Crippen LogP contribution is 2.28. The van der Waals surface area contributed by atoms with Gasteiger partial charge >= 0.3 is 5.97 Å². The molecule has 3 rings (SSSR count). The fourth-order valence-corrected chi connectivity index (χ4v) is 3.76. The summed E-state index contributed by atoms with van der Waals surface area (Å²) in [6.07, 6.45) is 0. The molecule has 0 fully saturated rings.